The average molecular weight is 156 g/mol. The lowest BCUT2D eigenvalue weighted by Crippen LogP contribution is -2.18. The van der Waals surface area contributed by atoms with Crippen LogP contribution in [0.1, 0.15) is 40.0 Å². The predicted molar refractivity (Wildman–Crippen MR) is 46.4 cm³/mol. The van der Waals surface area contributed by atoms with Gasteiger partial charge in [-0.2, -0.15) is 0 Å². The molecule has 0 unspecified atom stereocenters. The molecular weight excluding hydrogens is 138 g/mol. The molecule has 0 aliphatic carbocycles. The molecule has 0 aliphatic rings. The van der Waals surface area contributed by atoms with Gasteiger partial charge in [0.05, 0.1) is 0 Å². The fraction of sp³-hybridized carbons (Fsp3) is 0.889. The minimum atomic E-state index is 0.0634. The molecule has 2 nitrogen and oxygen atoms in total. The van der Waals surface area contributed by atoms with Crippen LogP contribution in [-0.4, -0.2) is 12.5 Å². The topological polar surface area (TPSA) is 31.2 Å². The third kappa shape index (κ3) is 7.37. The van der Waals surface area contributed by atoms with Gasteiger partial charge in [-0.3, -0.25) is 10.1 Å². The predicted octanol–water partition coefficient (Wildman–Crippen LogP) is 1.96. The lowest BCUT2D eigenvalue weighted by molar-refractivity contribution is -0.122. The van der Waals surface area contributed by atoms with Crippen LogP contribution in [0.3, 0.4) is 0 Å². The minimum absolute atomic E-state index is 0.0634. The van der Waals surface area contributed by atoms with E-state index in [0.29, 0.717) is 18.9 Å². The maximum absolute atomic E-state index is 11.0. The highest BCUT2D eigenvalue weighted by Gasteiger charge is 2.04. The van der Waals surface area contributed by atoms with Crippen LogP contribution in [0.15, 0.2) is 0 Å². The average Bonchev–Trinajstić information content (AvgIpc) is 1.86. The molecule has 0 aromatic rings. The Hall–Kier alpha value is -0.530. The molecule has 65 valence electrons. The third-order valence-corrected chi connectivity index (χ3v) is 1.38. The number of amides is 1. The molecule has 1 radical (unpaired) electrons. The number of carbonyl (C=O) groups excluding carboxylic acids is 1. The van der Waals surface area contributed by atoms with E-state index < -0.39 is 0 Å². The summed E-state index contributed by atoms with van der Waals surface area (Å²) in [6.07, 6.45) is 2.74. The standard InChI is InChI=1S/C9H18NO/c1-4-5-6-10-9(11)7-8(2)3/h8H,4-7H2,1-3H3. The van der Waals surface area contributed by atoms with E-state index >= 15 is 0 Å². The lowest BCUT2D eigenvalue weighted by Gasteiger charge is -2.02. The van der Waals surface area contributed by atoms with E-state index in [4.69, 9.17) is 0 Å². The second kappa shape index (κ2) is 6.20. The molecule has 0 atom stereocenters. The van der Waals surface area contributed by atoms with Gasteiger partial charge in [-0.15, -0.1) is 0 Å². The zero-order chi connectivity index (χ0) is 8.69. The summed E-state index contributed by atoms with van der Waals surface area (Å²) in [7, 11) is 0. The number of nitrogens with zero attached hydrogens (tertiary/aromatic N) is 1. The highest BCUT2D eigenvalue weighted by molar-refractivity contribution is 5.75. The molecule has 2 heteroatoms. The first-order chi connectivity index (χ1) is 5.16. The Bertz CT molecular complexity index is 110. The van der Waals surface area contributed by atoms with Crippen LogP contribution in [0.5, 0.6) is 0 Å². The molecule has 0 aliphatic heterocycles. The Kier molecular flexibility index (Phi) is 5.90. The highest BCUT2D eigenvalue weighted by atomic mass is 16.1. The second-order valence-electron chi connectivity index (χ2n) is 3.23. The fourth-order valence-electron chi connectivity index (χ4n) is 0.776. The van der Waals surface area contributed by atoms with Crippen molar-refractivity contribution in [2.75, 3.05) is 6.54 Å². The molecule has 0 saturated carbocycles. The molecule has 0 spiro atoms. The van der Waals surface area contributed by atoms with Gasteiger partial charge in [-0.1, -0.05) is 27.2 Å². The van der Waals surface area contributed by atoms with Gasteiger partial charge in [0, 0.05) is 13.0 Å². The summed E-state index contributed by atoms with van der Waals surface area (Å²) in [5.74, 6) is 0.501. The minimum Gasteiger partial charge on any atom is -0.273 e. The van der Waals surface area contributed by atoms with Gasteiger partial charge in [0.25, 0.3) is 0 Å². The number of hydrogen-bond acceptors (Lipinski definition) is 1. The monoisotopic (exact) mass is 156 g/mol. The van der Waals surface area contributed by atoms with Gasteiger partial charge in [-0.25, -0.2) is 0 Å². The number of rotatable bonds is 5. The summed E-state index contributed by atoms with van der Waals surface area (Å²) in [5.41, 5.74) is 0. The number of hydrogen-bond donors (Lipinski definition) is 0. The third-order valence-electron chi connectivity index (χ3n) is 1.38. The molecule has 0 N–H and O–H groups in total. The summed E-state index contributed by atoms with van der Waals surface area (Å²) in [6.45, 7) is 6.88. The smallest absolute Gasteiger partial charge is 0.241 e. The molecule has 1 amide bonds. The van der Waals surface area contributed by atoms with Crippen molar-refractivity contribution in [3.05, 3.63) is 0 Å². The molecule has 11 heavy (non-hydrogen) atoms. The van der Waals surface area contributed by atoms with Crippen LogP contribution in [0, 0.1) is 5.92 Å². The van der Waals surface area contributed by atoms with E-state index in [2.05, 4.69) is 12.2 Å². The first kappa shape index (κ1) is 10.5. The van der Waals surface area contributed by atoms with Gasteiger partial charge in [-0.05, 0) is 12.3 Å². The Balaban J connectivity index is 3.23. The second-order valence-corrected chi connectivity index (χ2v) is 3.23. The normalized spacial score (nSPS) is 10.2. The van der Waals surface area contributed by atoms with Gasteiger partial charge >= 0.3 is 0 Å². The van der Waals surface area contributed by atoms with Crippen molar-refractivity contribution < 1.29 is 4.79 Å². The van der Waals surface area contributed by atoms with Crippen molar-refractivity contribution in [2.45, 2.75) is 40.0 Å². The number of carbonyl (C=O) groups is 1. The van der Waals surface area contributed by atoms with Gasteiger partial charge < -0.3 is 0 Å². The van der Waals surface area contributed by atoms with Crippen molar-refractivity contribution >= 4 is 5.91 Å². The highest BCUT2D eigenvalue weighted by Crippen LogP contribution is 1.98. The summed E-state index contributed by atoms with van der Waals surface area (Å²) in [4.78, 5) is 11.0. The van der Waals surface area contributed by atoms with Gasteiger partial charge in [0.1, 0.15) is 0 Å². The summed E-state index contributed by atoms with van der Waals surface area (Å²) in [6, 6.07) is 0. The SMILES string of the molecule is CCCC[N]C(=O)CC(C)C. The molecule has 0 rings (SSSR count). The van der Waals surface area contributed by atoms with Crippen LogP contribution in [0.2, 0.25) is 0 Å². The molecule has 0 aromatic heterocycles. The Morgan fingerprint density at radius 1 is 1.45 bits per heavy atom. The van der Waals surface area contributed by atoms with Crippen LogP contribution in [0.25, 0.3) is 0 Å². The molecule has 0 aromatic carbocycles. The molecule has 0 saturated heterocycles. The van der Waals surface area contributed by atoms with Crippen LogP contribution < -0.4 is 5.32 Å². The van der Waals surface area contributed by atoms with E-state index in [1.165, 1.54) is 0 Å². The van der Waals surface area contributed by atoms with Crippen molar-refractivity contribution in [1.82, 2.24) is 5.32 Å². The first-order valence-electron chi connectivity index (χ1n) is 4.37. The van der Waals surface area contributed by atoms with Gasteiger partial charge in [0.15, 0.2) is 0 Å². The van der Waals surface area contributed by atoms with Gasteiger partial charge in [0.2, 0.25) is 5.91 Å². The Morgan fingerprint density at radius 3 is 2.55 bits per heavy atom. The zero-order valence-electron chi connectivity index (χ0n) is 7.76. The maximum Gasteiger partial charge on any atom is 0.241 e. The molecule has 0 bridgehead atoms. The van der Waals surface area contributed by atoms with Crippen molar-refractivity contribution in [1.29, 1.82) is 0 Å². The van der Waals surface area contributed by atoms with Crippen LogP contribution >= 0.6 is 0 Å². The zero-order valence-corrected chi connectivity index (χ0v) is 7.76. The van der Waals surface area contributed by atoms with Crippen LogP contribution in [0.4, 0.5) is 0 Å². The van der Waals surface area contributed by atoms with E-state index in [1.54, 1.807) is 0 Å². The Morgan fingerprint density at radius 2 is 2.09 bits per heavy atom. The lowest BCUT2D eigenvalue weighted by atomic mass is 10.1. The van der Waals surface area contributed by atoms with E-state index in [1.807, 2.05) is 13.8 Å². The van der Waals surface area contributed by atoms with E-state index in [9.17, 15) is 4.79 Å². The summed E-state index contributed by atoms with van der Waals surface area (Å²) in [5, 5.41) is 3.92. The fourth-order valence-corrected chi connectivity index (χ4v) is 0.776. The quantitative estimate of drug-likeness (QED) is 0.560. The largest absolute Gasteiger partial charge is 0.273 e. The first-order valence-corrected chi connectivity index (χ1v) is 4.37. The maximum atomic E-state index is 11.0. The summed E-state index contributed by atoms with van der Waals surface area (Å²) >= 11 is 0. The van der Waals surface area contributed by atoms with Crippen molar-refractivity contribution in [3.8, 4) is 0 Å². The molecule has 0 heterocycles. The van der Waals surface area contributed by atoms with E-state index in [-0.39, 0.29) is 5.91 Å². The van der Waals surface area contributed by atoms with Crippen LogP contribution in [-0.2, 0) is 4.79 Å². The molecule has 0 fully saturated rings. The van der Waals surface area contributed by atoms with Crippen molar-refractivity contribution in [2.24, 2.45) is 5.92 Å². The molecular formula is C9H18NO. The van der Waals surface area contributed by atoms with Crippen molar-refractivity contribution in [3.63, 3.8) is 0 Å². The Labute approximate surface area is 69.4 Å². The summed E-state index contributed by atoms with van der Waals surface area (Å²) < 4.78 is 0. The van der Waals surface area contributed by atoms with E-state index in [0.717, 1.165) is 12.8 Å². The number of unbranched alkanes of at least 4 members (excludes halogenated alkanes) is 1.